The van der Waals surface area contributed by atoms with E-state index in [2.05, 4.69) is 44.3 Å². The van der Waals surface area contributed by atoms with E-state index in [0.717, 1.165) is 17.1 Å². The molecule has 3 rings (SSSR count). The molecule has 0 unspecified atom stereocenters. The molecule has 0 spiro atoms. The minimum atomic E-state index is -4.00. The van der Waals surface area contributed by atoms with Gasteiger partial charge in [-0.3, -0.25) is 14.8 Å². The third kappa shape index (κ3) is 5.85. The lowest BCUT2D eigenvalue weighted by atomic mass is 10.2. The fourth-order valence-corrected chi connectivity index (χ4v) is 5.96. The number of rotatable bonds is 8. The van der Waals surface area contributed by atoms with E-state index in [1.165, 1.54) is 11.8 Å². The molecule has 1 aromatic carbocycles. The van der Waals surface area contributed by atoms with E-state index in [-0.39, 0.29) is 25.2 Å². The number of carbonyl (C=O) groups excluding carboxylic acids is 1. The lowest BCUT2D eigenvalue weighted by molar-refractivity contribution is 0.102. The Morgan fingerprint density at radius 1 is 1.14 bits per heavy atom. The molecule has 0 radical (unpaired) electrons. The van der Waals surface area contributed by atoms with Crippen molar-refractivity contribution in [1.29, 1.82) is 0 Å². The van der Waals surface area contributed by atoms with Crippen LogP contribution in [-0.2, 0) is 10.0 Å². The number of halogens is 1. The summed E-state index contributed by atoms with van der Waals surface area (Å²) in [6.07, 6.45) is 0. The molecule has 0 aliphatic carbocycles. The first-order valence-corrected chi connectivity index (χ1v) is 12.6. The first-order chi connectivity index (χ1) is 13.7. The van der Waals surface area contributed by atoms with Gasteiger partial charge in [0, 0.05) is 5.75 Å². The van der Waals surface area contributed by atoms with Crippen LogP contribution in [0.4, 0.5) is 10.3 Å². The molecule has 1 amide bonds. The monoisotopic (exact) mass is 490 g/mol. The Hall–Kier alpha value is -1.80. The predicted molar refractivity (Wildman–Crippen MR) is 116 cm³/mol. The zero-order valence-corrected chi connectivity index (χ0v) is 19.1. The number of anilines is 2. The molecule has 3 aromatic rings. The maximum atomic E-state index is 12.5. The molecule has 0 saturated heterocycles. The van der Waals surface area contributed by atoms with Crippen LogP contribution in [0, 0.1) is 5.92 Å². The van der Waals surface area contributed by atoms with Gasteiger partial charge in [-0.15, -0.1) is 20.4 Å². The van der Waals surface area contributed by atoms with Gasteiger partial charge in [-0.25, -0.2) is 0 Å². The largest absolute Gasteiger partial charge is 0.296 e. The Labute approximate surface area is 184 Å². The van der Waals surface area contributed by atoms with E-state index in [0.29, 0.717) is 21.6 Å². The van der Waals surface area contributed by atoms with Gasteiger partial charge in [0.2, 0.25) is 10.3 Å². The summed E-state index contributed by atoms with van der Waals surface area (Å²) in [6, 6.07) is 6.48. The summed E-state index contributed by atoms with van der Waals surface area (Å²) in [5.74, 6) is 0.816. The topological polar surface area (TPSA) is 127 Å². The molecular formula is C15H15ClN6O3S4. The maximum Gasteiger partial charge on any atom is 0.293 e. The quantitative estimate of drug-likeness (QED) is 0.360. The Morgan fingerprint density at radius 2 is 1.86 bits per heavy atom. The highest BCUT2D eigenvalue weighted by atomic mass is 35.5. The van der Waals surface area contributed by atoms with Crippen LogP contribution < -0.4 is 10.0 Å². The highest BCUT2D eigenvalue weighted by Gasteiger charge is 2.23. The number of benzene rings is 1. The van der Waals surface area contributed by atoms with E-state index < -0.39 is 15.9 Å². The summed E-state index contributed by atoms with van der Waals surface area (Å²) in [7, 11) is -4.00. The first-order valence-electron chi connectivity index (χ1n) is 8.13. The van der Waals surface area contributed by atoms with E-state index in [1.807, 2.05) is 0 Å². The summed E-state index contributed by atoms with van der Waals surface area (Å²) in [5, 5.41) is 18.1. The fraction of sp³-hybridized carbons (Fsp3) is 0.267. The fourth-order valence-electron chi connectivity index (χ4n) is 1.88. The molecule has 0 saturated carbocycles. The first kappa shape index (κ1) is 21.9. The summed E-state index contributed by atoms with van der Waals surface area (Å²) < 4.78 is 27.7. The average Bonchev–Trinajstić information content (AvgIpc) is 3.30. The van der Waals surface area contributed by atoms with E-state index in [4.69, 9.17) is 11.6 Å². The maximum absolute atomic E-state index is 12.5. The van der Waals surface area contributed by atoms with Crippen molar-refractivity contribution >= 4 is 72.2 Å². The molecule has 14 heteroatoms. The van der Waals surface area contributed by atoms with Gasteiger partial charge in [-0.2, -0.15) is 8.42 Å². The lowest BCUT2D eigenvalue weighted by Crippen LogP contribution is -2.12. The second-order valence-corrected chi connectivity index (χ2v) is 11.5. The minimum absolute atomic E-state index is 0.0285. The molecule has 9 nitrogen and oxygen atoms in total. The van der Waals surface area contributed by atoms with Gasteiger partial charge in [0.05, 0.1) is 10.6 Å². The highest BCUT2D eigenvalue weighted by molar-refractivity contribution is 8.01. The normalized spacial score (nSPS) is 11.6. The zero-order valence-electron chi connectivity index (χ0n) is 15.1. The van der Waals surface area contributed by atoms with Crippen LogP contribution in [0.15, 0.2) is 32.9 Å². The van der Waals surface area contributed by atoms with Gasteiger partial charge >= 0.3 is 0 Å². The summed E-state index contributed by atoms with van der Waals surface area (Å²) in [6.45, 7) is 4.16. The summed E-state index contributed by atoms with van der Waals surface area (Å²) in [5.41, 5.74) is 0.243. The second-order valence-electron chi connectivity index (χ2n) is 5.99. The molecule has 0 aliphatic rings. The standard InChI is InChI=1S/C15H15ClN6O3S4/c1-8(2)7-26-14-20-19-13(27-14)22-29(24,25)15-21-18-12(28-15)17-11(23)9-5-3-4-6-10(9)16/h3-6,8H,7H2,1-2H3,(H,19,22)(H,17,18,23). The Bertz CT molecular complexity index is 1110. The van der Waals surface area contributed by atoms with Crippen molar-refractivity contribution in [2.24, 2.45) is 5.92 Å². The number of hydrogen-bond donors (Lipinski definition) is 2. The summed E-state index contributed by atoms with van der Waals surface area (Å²) in [4.78, 5) is 12.3. The number of carbonyl (C=O) groups is 1. The van der Waals surface area contributed by atoms with Crippen molar-refractivity contribution in [3.05, 3.63) is 34.9 Å². The van der Waals surface area contributed by atoms with Crippen molar-refractivity contribution in [1.82, 2.24) is 20.4 Å². The van der Waals surface area contributed by atoms with Crippen LogP contribution in [0.25, 0.3) is 0 Å². The average molecular weight is 491 g/mol. The summed E-state index contributed by atoms with van der Waals surface area (Å²) >= 11 is 9.34. The molecule has 0 fully saturated rings. The third-order valence-electron chi connectivity index (χ3n) is 3.14. The van der Waals surface area contributed by atoms with Gasteiger partial charge < -0.3 is 0 Å². The van der Waals surface area contributed by atoms with E-state index in [1.54, 1.807) is 24.3 Å². The van der Waals surface area contributed by atoms with Crippen molar-refractivity contribution in [3.8, 4) is 0 Å². The number of aromatic nitrogens is 4. The number of hydrogen-bond acceptors (Lipinski definition) is 10. The SMILES string of the molecule is CC(C)CSc1nnc(NS(=O)(=O)c2nnc(NC(=O)c3ccccc3Cl)s2)s1. The molecule has 2 aromatic heterocycles. The molecular weight excluding hydrogens is 476 g/mol. The second kappa shape index (κ2) is 9.34. The lowest BCUT2D eigenvalue weighted by Gasteiger charge is -2.02. The Morgan fingerprint density at radius 3 is 2.59 bits per heavy atom. The van der Waals surface area contributed by atoms with E-state index >= 15 is 0 Å². The van der Waals surface area contributed by atoms with Gasteiger partial charge in [-0.1, -0.05) is 72.0 Å². The number of nitrogens with zero attached hydrogens (tertiary/aromatic N) is 4. The number of amides is 1. The van der Waals surface area contributed by atoms with Crippen LogP contribution in [0.3, 0.4) is 0 Å². The van der Waals surface area contributed by atoms with Crippen molar-refractivity contribution in [2.45, 2.75) is 22.5 Å². The molecule has 154 valence electrons. The van der Waals surface area contributed by atoms with Crippen LogP contribution in [0.5, 0.6) is 0 Å². The predicted octanol–water partition coefficient (Wildman–Crippen LogP) is 3.84. The van der Waals surface area contributed by atoms with Gasteiger partial charge in [0.1, 0.15) is 0 Å². The van der Waals surface area contributed by atoms with Crippen LogP contribution in [0.2, 0.25) is 5.02 Å². The molecule has 29 heavy (non-hydrogen) atoms. The van der Waals surface area contributed by atoms with Crippen LogP contribution in [-0.4, -0.2) is 40.5 Å². The Balaban J connectivity index is 1.67. The number of thioether (sulfide) groups is 1. The van der Waals surface area contributed by atoms with Gasteiger partial charge in [-0.05, 0) is 18.1 Å². The van der Waals surface area contributed by atoms with E-state index in [9.17, 15) is 13.2 Å². The van der Waals surface area contributed by atoms with Crippen LogP contribution >= 0.6 is 46.0 Å². The Kier molecular flexibility index (Phi) is 7.05. The smallest absolute Gasteiger partial charge is 0.293 e. The molecule has 0 atom stereocenters. The molecule has 0 bridgehead atoms. The van der Waals surface area contributed by atoms with Crippen LogP contribution in [0.1, 0.15) is 24.2 Å². The molecule has 2 N–H and O–H groups in total. The molecule has 2 heterocycles. The minimum Gasteiger partial charge on any atom is -0.296 e. The van der Waals surface area contributed by atoms with Crippen molar-refractivity contribution < 1.29 is 13.2 Å². The molecule has 0 aliphatic heterocycles. The number of nitrogens with one attached hydrogen (secondary N) is 2. The van der Waals surface area contributed by atoms with Crippen molar-refractivity contribution in [3.63, 3.8) is 0 Å². The van der Waals surface area contributed by atoms with Gasteiger partial charge in [0.25, 0.3) is 20.3 Å². The third-order valence-corrected chi connectivity index (χ3v) is 8.55. The number of sulfonamides is 1. The zero-order chi connectivity index (χ0) is 21.0. The van der Waals surface area contributed by atoms with Gasteiger partial charge in [0.15, 0.2) is 4.34 Å². The van der Waals surface area contributed by atoms with Crippen molar-refractivity contribution in [2.75, 3.05) is 15.8 Å². The highest BCUT2D eigenvalue weighted by Crippen LogP contribution is 2.29.